The summed E-state index contributed by atoms with van der Waals surface area (Å²) in [6.07, 6.45) is 2.36. The zero-order valence-electron chi connectivity index (χ0n) is 10.6. The Morgan fingerprint density at radius 2 is 2.11 bits per heavy atom. The molecular weight excluding hydrogens is 231 g/mol. The van der Waals surface area contributed by atoms with Gasteiger partial charge in [0.2, 0.25) is 0 Å². The van der Waals surface area contributed by atoms with Gasteiger partial charge in [0, 0.05) is 19.1 Å². The predicted molar refractivity (Wildman–Crippen MR) is 69.6 cm³/mol. The number of piperidine rings is 1. The smallest absolute Gasteiger partial charge is 0.123 e. The van der Waals surface area contributed by atoms with Crippen LogP contribution >= 0.6 is 0 Å². The van der Waals surface area contributed by atoms with Gasteiger partial charge in [0.05, 0.1) is 6.10 Å². The summed E-state index contributed by atoms with van der Waals surface area (Å²) in [4.78, 5) is 2.31. The van der Waals surface area contributed by atoms with Crippen LogP contribution in [0.5, 0.6) is 0 Å². The number of likely N-dealkylation sites (tertiary alicyclic amines) is 1. The molecule has 0 amide bonds. The molecule has 1 aromatic rings. The first kappa shape index (κ1) is 13.5. The van der Waals surface area contributed by atoms with Crippen LogP contribution in [0.15, 0.2) is 24.3 Å². The van der Waals surface area contributed by atoms with Crippen molar-refractivity contribution in [2.75, 3.05) is 19.6 Å². The summed E-state index contributed by atoms with van der Waals surface area (Å²) < 4.78 is 13.1. The molecule has 1 unspecified atom stereocenters. The largest absolute Gasteiger partial charge is 0.393 e. The topological polar surface area (TPSA) is 49.5 Å². The van der Waals surface area contributed by atoms with Crippen molar-refractivity contribution in [1.82, 2.24) is 4.90 Å². The number of benzene rings is 1. The summed E-state index contributed by atoms with van der Waals surface area (Å²) in [6.45, 7) is 2.76. The lowest BCUT2D eigenvalue weighted by atomic mass is 10.0. The molecule has 0 bridgehead atoms. The number of aliphatic hydroxyl groups excluding tert-OH is 1. The Kier molecular flexibility index (Phi) is 4.69. The fourth-order valence-corrected chi connectivity index (χ4v) is 2.37. The monoisotopic (exact) mass is 252 g/mol. The number of aliphatic hydroxyl groups is 1. The van der Waals surface area contributed by atoms with Crippen LogP contribution in [0.1, 0.15) is 30.9 Å². The number of hydrogen-bond acceptors (Lipinski definition) is 3. The van der Waals surface area contributed by atoms with Crippen LogP contribution in [0.3, 0.4) is 0 Å². The third kappa shape index (κ3) is 3.77. The van der Waals surface area contributed by atoms with E-state index in [1.807, 2.05) is 6.07 Å². The van der Waals surface area contributed by atoms with E-state index in [0.29, 0.717) is 0 Å². The van der Waals surface area contributed by atoms with Gasteiger partial charge < -0.3 is 15.7 Å². The summed E-state index contributed by atoms with van der Waals surface area (Å²) >= 11 is 0. The Balaban J connectivity index is 1.79. The minimum atomic E-state index is -0.232. The van der Waals surface area contributed by atoms with Crippen LogP contribution in [0.25, 0.3) is 0 Å². The highest BCUT2D eigenvalue weighted by Crippen LogP contribution is 2.17. The lowest BCUT2D eigenvalue weighted by Gasteiger charge is -2.30. The highest BCUT2D eigenvalue weighted by molar-refractivity contribution is 5.19. The molecule has 0 saturated carbocycles. The first-order chi connectivity index (χ1) is 8.65. The summed E-state index contributed by atoms with van der Waals surface area (Å²) in [7, 11) is 0. The van der Waals surface area contributed by atoms with E-state index in [1.165, 1.54) is 12.1 Å². The standard InChI is InChI=1S/C14H21FN2O/c15-12-3-1-2-11(10-12)14(16)6-9-17-7-4-13(18)5-8-17/h1-3,10,13-14,18H,4-9,16H2. The molecule has 0 aliphatic carbocycles. The third-order valence-electron chi connectivity index (χ3n) is 3.59. The molecule has 1 atom stereocenters. The molecular formula is C14H21FN2O. The number of halogens is 1. The van der Waals surface area contributed by atoms with Gasteiger partial charge in [-0.1, -0.05) is 12.1 Å². The molecule has 0 spiro atoms. The molecule has 4 heteroatoms. The average molecular weight is 252 g/mol. The second kappa shape index (κ2) is 6.27. The second-order valence-electron chi connectivity index (χ2n) is 5.02. The van der Waals surface area contributed by atoms with Crippen LogP contribution in [-0.4, -0.2) is 35.7 Å². The maximum atomic E-state index is 13.1. The van der Waals surface area contributed by atoms with Gasteiger partial charge in [0.25, 0.3) is 0 Å². The minimum absolute atomic E-state index is 0.118. The molecule has 0 aromatic heterocycles. The van der Waals surface area contributed by atoms with E-state index in [4.69, 9.17) is 5.73 Å². The average Bonchev–Trinajstić information content (AvgIpc) is 2.38. The molecule has 0 radical (unpaired) electrons. The van der Waals surface area contributed by atoms with E-state index in [-0.39, 0.29) is 18.0 Å². The van der Waals surface area contributed by atoms with Crippen LogP contribution in [0, 0.1) is 5.82 Å². The van der Waals surface area contributed by atoms with Gasteiger partial charge in [-0.05, 0) is 43.5 Å². The van der Waals surface area contributed by atoms with Gasteiger partial charge in [-0.2, -0.15) is 0 Å². The van der Waals surface area contributed by atoms with E-state index < -0.39 is 0 Å². The molecule has 2 rings (SSSR count). The van der Waals surface area contributed by atoms with Crippen LogP contribution in [0.4, 0.5) is 4.39 Å². The van der Waals surface area contributed by atoms with E-state index in [9.17, 15) is 9.50 Å². The Morgan fingerprint density at radius 3 is 2.78 bits per heavy atom. The van der Waals surface area contributed by atoms with Crippen molar-refractivity contribution in [3.8, 4) is 0 Å². The molecule has 3 nitrogen and oxygen atoms in total. The van der Waals surface area contributed by atoms with Crippen molar-refractivity contribution >= 4 is 0 Å². The first-order valence-electron chi connectivity index (χ1n) is 6.56. The Labute approximate surface area is 107 Å². The molecule has 1 heterocycles. The molecule has 1 aliphatic heterocycles. The van der Waals surface area contributed by atoms with Crippen molar-refractivity contribution in [3.63, 3.8) is 0 Å². The van der Waals surface area contributed by atoms with E-state index in [0.717, 1.165) is 44.5 Å². The zero-order chi connectivity index (χ0) is 13.0. The minimum Gasteiger partial charge on any atom is -0.393 e. The predicted octanol–water partition coefficient (Wildman–Crippen LogP) is 1.67. The molecule has 1 aromatic carbocycles. The fraction of sp³-hybridized carbons (Fsp3) is 0.571. The number of nitrogens with two attached hydrogens (primary N) is 1. The summed E-state index contributed by atoms with van der Waals surface area (Å²) in [5.74, 6) is -0.232. The van der Waals surface area contributed by atoms with Gasteiger partial charge >= 0.3 is 0 Å². The van der Waals surface area contributed by atoms with Crippen LogP contribution < -0.4 is 5.73 Å². The SMILES string of the molecule is NC(CCN1CCC(O)CC1)c1cccc(F)c1. The highest BCUT2D eigenvalue weighted by Gasteiger charge is 2.17. The number of nitrogens with zero attached hydrogens (tertiary/aromatic N) is 1. The molecule has 1 aliphatic rings. The first-order valence-corrected chi connectivity index (χ1v) is 6.56. The van der Waals surface area contributed by atoms with Gasteiger partial charge in [0.15, 0.2) is 0 Å². The Hall–Kier alpha value is -0.970. The lowest BCUT2D eigenvalue weighted by molar-refractivity contribution is 0.0812. The second-order valence-corrected chi connectivity index (χ2v) is 5.02. The van der Waals surface area contributed by atoms with E-state index in [2.05, 4.69) is 4.90 Å². The number of rotatable bonds is 4. The van der Waals surface area contributed by atoms with Crippen LogP contribution in [0.2, 0.25) is 0 Å². The third-order valence-corrected chi connectivity index (χ3v) is 3.59. The fourth-order valence-electron chi connectivity index (χ4n) is 2.37. The van der Waals surface area contributed by atoms with Crippen molar-refractivity contribution in [1.29, 1.82) is 0 Å². The molecule has 100 valence electrons. The Bertz CT molecular complexity index is 378. The van der Waals surface area contributed by atoms with Crippen molar-refractivity contribution in [3.05, 3.63) is 35.6 Å². The highest BCUT2D eigenvalue weighted by atomic mass is 19.1. The maximum absolute atomic E-state index is 13.1. The van der Waals surface area contributed by atoms with Gasteiger partial charge in [-0.25, -0.2) is 4.39 Å². The van der Waals surface area contributed by atoms with E-state index in [1.54, 1.807) is 6.07 Å². The lowest BCUT2D eigenvalue weighted by Crippen LogP contribution is -2.37. The van der Waals surface area contributed by atoms with Gasteiger partial charge in [-0.3, -0.25) is 0 Å². The molecule has 18 heavy (non-hydrogen) atoms. The molecule has 1 fully saturated rings. The summed E-state index contributed by atoms with van der Waals surface area (Å²) in [5, 5.41) is 9.42. The summed E-state index contributed by atoms with van der Waals surface area (Å²) in [5.41, 5.74) is 6.92. The molecule has 3 N–H and O–H groups in total. The maximum Gasteiger partial charge on any atom is 0.123 e. The van der Waals surface area contributed by atoms with E-state index >= 15 is 0 Å². The van der Waals surface area contributed by atoms with Gasteiger partial charge in [0.1, 0.15) is 5.82 Å². The van der Waals surface area contributed by atoms with Crippen molar-refractivity contribution in [2.45, 2.75) is 31.4 Å². The van der Waals surface area contributed by atoms with Crippen LogP contribution in [-0.2, 0) is 0 Å². The quantitative estimate of drug-likeness (QED) is 0.857. The van der Waals surface area contributed by atoms with Crippen molar-refractivity contribution < 1.29 is 9.50 Å². The summed E-state index contributed by atoms with van der Waals surface area (Å²) in [6, 6.07) is 6.38. The van der Waals surface area contributed by atoms with Crippen molar-refractivity contribution in [2.24, 2.45) is 5.73 Å². The number of hydrogen-bond donors (Lipinski definition) is 2. The zero-order valence-corrected chi connectivity index (χ0v) is 10.6. The molecule has 1 saturated heterocycles. The normalized spacial score (nSPS) is 19.9. The van der Waals surface area contributed by atoms with Gasteiger partial charge in [-0.15, -0.1) is 0 Å². The Morgan fingerprint density at radius 1 is 1.39 bits per heavy atom.